The highest BCUT2D eigenvalue weighted by Crippen LogP contribution is 2.45. The molecule has 0 aromatic rings. The fraction of sp³-hybridized carbons (Fsp3) is 1.00. The molecule has 0 bridgehead atoms. The van der Waals surface area contributed by atoms with Gasteiger partial charge >= 0.3 is 0 Å². The van der Waals surface area contributed by atoms with Gasteiger partial charge in [0.2, 0.25) is 0 Å². The Morgan fingerprint density at radius 1 is 1.15 bits per heavy atom. The predicted octanol–water partition coefficient (Wildman–Crippen LogP) is 1.56. The maximum atomic E-state index is 10.0. The molecule has 0 saturated heterocycles. The standard InChI is InChI=1S/C11H20O2/c12-7-9-6-10(9)11(13)8-4-2-1-3-5-8/h8-13H,1-7H2/t9-,10-,11-/m0/s1. The first-order chi connectivity index (χ1) is 6.33. The molecular formula is C11H20O2. The summed E-state index contributed by atoms with van der Waals surface area (Å²) in [5, 5.41) is 18.9. The Bertz CT molecular complexity index is 163. The molecule has 2 N–H and O–H groups in total. The zero-order chi connectivity index (χ0) is 9.26. The summed E-state index contributed by atoms with van der Waals surface area (Å²) in [6.45, 7) is 0.272. The van der Waals surface area contributed by atoms with Gasteiger partial charge in [0, 0.05) is 6.61 Å². The van der Waals surface area contributed by atoms with Crippen molar-refractivity contribution >= 4 is 0 Å². The van der Waals surface area contributed by atoms with Gasteiger partial charge in [-0.3, -0.25) is 0 Å². The van der Waals surface area contributed by atoms with Crippen molar-refractivity contribution in [2.45, 2.75) is 44.6 Å². The van der Waals surface area contributed by atoms with Crippen molar-refractivity contribution in [3.63, 3.8) is 0 Å². The normalized spacial score (nSPS) is 37.4. The molecule has 0 aromatic carbocycles. The zero-order valence-electron chi connectivity index (χ0n) is 8.15. The van der Waals surface area contributed by atoms with E-state index in [2.05, 4.69) is 0 Å². The van der Waals surface area contributed by atoms with Crippen LogP contribution in [0.3, 0.4) is 0 Å². The maximum Gasteiger partial charge on any atom is 0.0600 e. The maximum absolute atomic E-state index is 10.0. The Labute approximate surface area is 80.0 Å². The van der Waals surface area contributed by atoms with E-state index in [1.165, 1.54) is 32.1 Å². The van der Waals surface area contributed by atoms with E-state index in [4.69, 9.17) is 5.11 Å². The molecule has 13 heavy (non-hydrogen) atoms. The molecule has 0 amide bonds. The van der Waals surface area contributed by atoms with E-state index in [9.17, 15) is 5.11 Å². The predicted molar refractivity (Wildman–Crippen MR) is 51.3 cm³/mol. The first kappa shape index (κ1) is 9.47. The molecular weight excluding hydrogens is 164 g/mol. The van der Waals surface area contributed by atoms with E-state index in [1.54, 1.807) is 0 Å². The average molecular weight is 184 g/mol. The van der Waals surface area contributed by atoms with Crippen molar-refractivity contribution in [3.05, 3.63) is 0 Å². The third kappa shape index (κ3) is 2.05. The number of aliphatic hydroxyl groups is 2. The van der Waals surface area contributed by atoms with Crippen LogP contribution in [0.2, 0.25) is 0 Å². The zero-order valence-corrected chi connectivity index (χ0v) is 8.15. The van der Waals surface area contributed by atoms with Crippen LogP contribution in [-0.2, 0) is 0 Å². The number of aliphatic hydroxyl groups excluding tert-OH is 2. The molecule has 2 saturated carbocycles. The summed E-state index contributed by atoms with van der Waals surface area (Å²) in [5.41, 5.74) is 0. The van der Waals surface area contributed by atoms with Crippen LogP contribution in [-0.4, -0.2) is 22.9 Å². The summed E-state index contributed by atoms with van der Waals surface area (Å²) in [4.78, 5) is 0. The molecule has 0 aliphatic heterocycles. The molecule has 3 atom stereocenters. The summed E-state index contributed by atoms with van der Waals surface area (Å²) in [7, 11) is 0. The van der Waals surface area contributed by atoms with E-state index in [1.807, 2.05) is 0 Å². The molecule has 0 radical (unpaired) electrons. The van der Waals surface area contributed by atoms with E-state index in [-0.39, 0.29) is 12.7 Å². The molecule has 0 unspecified atom stereocenters. The van der Waals surface area contributed by atoms with E-state index < -0.39 is 0 Å². The smallest absolute Gasteiger partial charge is 0.0600 e. The molecule has 0 heterocycles. The second-order valence-corrected chi connectivity index (χ2v) is 4.73. The molecule has 2 rings (SSSR count). The van der Waals surface area contributed by atoms with Gasteiger partial charge in [-0.15, -0.1) is 0 Å². The topological polar surface area (TPSA) is 40.5 Å². The van der Waals surface area contributed by atoms with Crippen molar-refractivity contribution in [2.24, 2.45) is 17.8 Å². The fourth-order valence-corrected chi connectivity index (χ4v) is 2.72. The van der Waals surface area contributed by atoms with Crippen LogP contribution in [0, 0.1) is 17.8 Å². The lowest BCUT2D eigenvalue weighted by atomic mass is 9.83. The van der Waals surface area contributed by atoms with E-state index >= 15 is 0 Å². The SMILES string of the molecule is OC[C@@H]1C[C@@H]1[C@@H](O)C1CCCCC1. The van der Waals surface area contributed by atoms with Gasteiger partial charge in [0.1, 0.15) is 0 Å². The van der Waals surface area contributed by atoms with Crippen molar-refractivity contribution < 1.29 is 10.2 Å². The van der Waals surface area contributed by atoms with Gasteiger partial charge < -0.3 is 10.2 Å². The average Bonchev–Trinajstić information content (AvgIpc) is 2.97. The Balaban J connectivity index is 1.79. The number of rotatable bonds is 3. The second kappa shape index (κ2) is 3.97. The first-order valence-electron chi connectivity index (χ1n) is 5.62. The molecule has 0 aromatic heterocycles. The van der Waals surface area contributed by atoms with Crippen LogP contribution in [0.4, 0.5) is 0 Å². The number of hydrogen-bond donors (Lipinski definition) is 2. The Morgan fingerprint density at radius 2 is 1.85 bits per heavy atom. The monoisotopic (exact) mass is 184 g/mol. The highest BCUT2D eigenvalue weighted by molar-refractivity contribution is 4.93. The molecule has 2 aliphatic rings. The molecule has 2 fully saturated rings. The van der Waals surface area contributed by atoms with Crippen molar-refractivity contribution in [1.82, 2.24) is 0 Å². The summed E-state index contributed by atoms with van der Waals surface area (Å²) in [6, 6.07) is 0. The van der Waals surface area contributed by atoms with E-state index in [0.29, 0.717) is 17.8 Å². The van der Waals surface area contributed by atoms with Crippen molar-refractivity contribution in [3.8, 4) is 0 Å². The second-order valence-electron chi connectivity index (χ2n) is 4.73. The molecule has 2 nitrogen and oxygen atoms in total. The van der Waals surface area contributed by atoms with Crippen LogP contribution < -0.4 is 0 Å². The van der Waals surface area contributed by atoms with Gasteiger partial charge in [0.05, 0.1) is 6.10 Å². The third-order valence-corrected chi connectivity index (χ3v) is 3.78. The molecule has 0 spiro atoms. The first-order valence-corrected chi connectivity index (χ1v) is 5.62. The van der Waals surface area contributed by atoms with Crippen LogP contribution in [0.1, 0.15) is 38.5 Å². The van der Waals surface area contributed by atoms with Gasteiger partial charge in [0.15, 0.2) is 0 Å². The largest absolute Gasteiger partial charge is 0.396 e. The summed E-state index contributed by atoms with van der Waals surface area (Å²) >= 11 is 0. The fourth-order valence-electron chi connectivity index (χ4n) is 2.72. The van der Waals surface area contributed by atoms with Gasteiger partial charge in [-0.25, -0.2) is 0 Å². The lowest BCUT2D eigenvalue weighted by Crippen LogP contribution is -2.25. The Hall–Kier alpha value is -0.0800. The van der Waals surface area contributed by atoms with Gasteiger partial charge in [-0.05, 0) is 37.0 Å². The van der Waals surface area contributed by atoms with Crippen molar-refractivity contribution in [2.75, 3.05) is 6.61 Å². The lowest BCUT2D eigenvalue weighted by Gasteiger charge is -2.26. The summed E-state index contributed by atoms with van der Waals surface area (Å²) in [5.74, 6) is 1.38. The number of hydrogen-bond acceptors (Lipinski definition) is 2. The Morgan fingerprint density at radius 3 is 2.38 bits per heavy atom. The van der Waals surface area contributed by atoms with Crippen molar-refractivity contribution in [1.29, 1.82) is 0 Å². The molecule has 2 aliphatic carbocycles. The third-order valence-electron chi connectivity index (χ3n) is 3.78. The van der Waals surface area contributed by atoms with Crippen LogP contribution >= 0.6 is 0 Å². The highest BCUT2D eigenvalue weighted by atomic mass is 16.3. The van der Waals surface area contributed by atoms with Gasteiger partial charge in [0.25, 0.3) is 0 Å². The minimum Gasteiger partial charge on any atom is -0.396 e. The van der Waals surface area contributed by atoms with E-state index in [0.717, 1.165) is 6.42 Å². The van der Waals surface area contributed by atoms with Gasteiger partial charge in [-0.1, -0.05) is 19.3 Å². The van der Waals surface area contributed by atoms with Crippen LogP contribution in [0.5, 0.6) is 0 Å². The minimum absolute atomic E-state index is 0.113. The minimum atomic E-state index is -0.113. The van der Waals surface area contributed by atoms with Gasteiger partial charge in [-0.2, -0.15) is 0 Å². The summed E-state index contributed by atoms with van der Waals surface area (Å²) in [6.07, 6.45) is 7.27. The van der Waals surface area contributed by atoms with Crippen LogP contribution in [0.15, 0.2) is 0 Å². The summed E-state index contributed by atoms with van der Waals surface area (Å²) < 4.78 is 0. The highest BCUT2D eigenvalue weighted by Gasteiger charge is 2.44. The van der Waals surface area contributed by atoms with Crippen LogP contribution in [0.25, 0.3) is 0 Å². The Kier molecular flexibility index (Phi) is 2.89. The lowest BCUT2D eigenvalue weighted by molar-refractivity contribution is 0.0576. The quantitative estimate of drug-likeness (QED) is 0.698. The molecule has 2 heteroatoms. The molecule has 76 valence electrons.